The van der Waals surface area contributed by atoms with E-state index in [0.717, 1.165) is 25.7 Å². The summed E-state index contributed by atoms with van der Waals surface area (Å²) in [5.41, 5.74) is 0.00639. The predicted octanol–water partition coefficient (Wildman–Crippen LogP) is 3.43. The maximum atomic E-state index is 9.08. The SMILES string of the molecule is C=CCCC1(C#N)CCCCC1. The van der Waals surface area contributed by atoms with Gasteiger partial charge in [-0.15, -0.1) is 6.58 Å². The summed E-state index contributed by atoms with van der Waals surface area (Å²) in [6, 6.07) is 2.50. The van der Waals surface area contributed by atoms with Gasteiger partial charge in [0.15, 0.2) is 0 Å². The highest BCUT2D eigenvalue weighted by molar-refractivity contribution is 5.01. The number of hydrogen-bond donors (Lipinski definition) is 0. The summed E-state index contributed by atoms with van der Waals surface area (Å²) >= 11 is 0. The van der Waals surface area contributed by atoms with E-state index in [9.17, 15) is 0 Å². The molecule has 0 unspecified atom stereocenters. The third-order valence-corrected chi connectivity index (χ3v) is 2.87. The number of allylic oxidation sites excluding steroid dienone is 1. The molecule has 0 radical (unpaired) electrons. The van der Waals surface area contributed by atoms with Gasteiger partial charge in [0.25, 0.3) is 0 Å². The highest BCUT2D eigenvalue weighted by atomic mass is 14.4. The second-order valence-electron chi connectivity index (χ2n) is 3.78. The van der Waals surface area contributed by atoms with Gasteiger partial charge in [0.2, 0.25) is 0 Å². The highest BCUT2D eigenvalue weighted by Crippen LogP contribution is 2.39. The zero-order valence-corrected chi connectivity index (χ0v) is 7.68. The van der Waals surface area contributed by atoms with Crippen LogP contribution in [0.15, 0.2) is 12.7 Å². The smallest absolute Gasteiger partial charge is 0.0689 e. The molecule has 0 aromatic carbocycles. The molecule has 1 aliphatic rings. The molecule has 0 spiro atoms. The van der Waals surface area contributed by atoms with E-state index in [-0.39, 0.29) is 5.41 Å². The first-order valence-electron chi connectivity index (χ1n) is 4.85. The molecule has 12 heavy (non-hydrogen) atoms. The van der Waals surface area contributed by atoms with Crippen LogP contribution in [0.5, 0.6) is 0 Å². The molecule has 0 heterocycles. The van der Waals surface area contributed by atoms with Crippen molar-refractivity contribution in [3.63, 3.8) is 0 Å². The van der Waals surface area contributed by atoms with Crippen LogP contribution in [0.3, 0.4) is 0 Å². The van der Waals surface area contributed by atoms with E-state index in [4.69, 9.17) is 5.26 Å². The molecule has 66 valence electrons. The molecule has 0 atom stereocenters. The first kappa shape index (κ1) is 9.32. The summed E-state index contributed by atoms with van der Waals surface area (Å²) in [5.74, 6) is 0. The van der Waals surface area contributed by atoms with Gasteiger partial charge in [-0.3, -0.25) is 0 Å². The topological polar surface area (TPSA) is 23.8 Å². The minimum atomic E-state index is 0.00639. The number of nitriles is 1. The molecular weight excluding hydrogens is 146 g/mol. The Morgan fingerprint density at radius 2 is 2.00 bits per heavy atom. The van der Waals surface area contributed by atoms with Crippen LogP contribution in [0.25, 0.3) is 0 Å². The average molecular weight is 163 g/mol. The molecule has 0 aromatic heterocycles. The van der Waals surface area contributed by atoms with Gasteiger partial charge in [0.05, 0.1) is 11.5 Å². The number of nitrogens with zero attached hydrogens (tertiary/aromatic N) is 1. The Hall–Kier alpha value is -0.770. The second-order valence-corrected chi connectivity index (χ2v) is 3.78. The van der Waals surface area contributed by atoms with Gasteiger partial charge in [0, 0.05) is 0 Å². The van der Waals surface area contributed by atoms with Crippen LogP contribution in [0.2, 0.25) is 0 Å². The first-order valence-corrected chi connectivity index (χ1v) is 4.85. The standard InChI is InChI=1S/C11H17N/c1-2-3-7-11(10-12)8-5-4-6-9-11/h2H,1,3-9H2. The van der Waals surface area contributed by atoms with E-state index in [0.29, 0.717) is 0 Å². The molecule has 0 N–H and O–H groups in total. The molecule has 0 aliphatic heterocycles. The fourth-order valence-corrected chi connectivity index (χ4v) is 2.02. The minimum absolute atomic E-state index is 0.00639. The van der Waals surface area contributed by atoms with Gasteiger partial charge in [-0.25, -0.2) is 0 Å². The normalized spacial score (nSPS) is 21.2. The monoisotopic (exact) mass is 163 g/mol. The quantitative estimate of drug-likeness (QED) is 0.585. The summed E-state index contributed by atoms with van der Waals surface area (Å²) in [6.45, 7) is 3.70. The van der Waals surface area contributed by atoms with Gasteiger partial charge < -0.3 is 0 Å². The van der Waals surface area contributed by atoms with Crippen molar-refractivity contribution in [1.82, 2.24) is 0 Å². The lowest BCUT2D eigenvalue weighted by Gasteiger charge is -2.30. The Kier molecular flexibility index (Phi) is 3.34. The lowest BCUT2D eigenvalue weighted by molar-refractivity contribution is 0.251. The van der Waals surface area contributed by atoms with E-state index in [1.165, 1.54) is 19.3 Å². The summed E-state index contributed by atoms with van der Waals surface area (Å²) < 4.78 is 0. The van der Waals surface area contributed by atoms with Gasteiger partial charge >= 0.3 is 0 Å². The number of hydrogen-bond acceptors (Lipinski definition) is 1. The Balaban J connectivity index is 2.49. The van der Waals surface area contributed by atoms with E-state index < -0.39 is 0 Å². The Morgan fingerprint density at radius 3 is 2.50 bits per heavy atom. The van der Waals surface area contributed by atoms with Gasteiger partial charge in [-0.1, -0.05) is 25.3 Å². The van der Waals surface area contributed by atoms with Crippen LogP contribution in [-0.4, -0.2) is 0 Å². The van der Waals surface area contributed by atoms with E-state index in [2.05, 4.69) is 12.6 Å². The average Bonchev–Trinajstić information content (AvgIpc) is 2.16. The maximum absolute atomic E-state index is 9.08. The van der Waals surface area contributed by atoms with Crippen LogP contribution in [0, 0.1) is 16.7 Å². The Labute approximate surface area is 75.1 Å². The lowest BCUT2D eigenvalue weighted by Crippen LogP contribution is -2.21. The molecule has 1 fully saturated rings. The van der Waals surface area contributed by atoms with E-state index >= 15 is 0 Å². The van der Waals surface area contributed by atoms with Crippen LogP contribution < -0.4 is 0 Å². The van der Waals surface area contributed by atoms with Crippen LogP contribution in [0.1, 0.15) is 44.9 Å². The van der Waals surface area contributed by atoms with Crippen molar-refractivity contribution < 1.29 is 0 Å². The molecule has 1 saturated carbocycles. The van der Waals surface area contributed by atoms with Gasteiger partial charge in [-0.05, 0) is 25.7 Å². The third-order valence-electron chi connectivity index (χ3n) is 2.87. The van der Waals surface area contributed by atoms with Crippen molar-refractivity contribution in [2.45, 2.75) is 44.9 Å². The van der Waals surface area contributed by atoms with Crippen molar-refractivity contribution in [2.24, 2.45) is 5.41 Å². The molecular formula is C11H17N. The number of rotatable bonds is 3. The Bertz CT molecular complexity index is 182. The molecule has 0 amide bonds. The summed E-state index contributed by atoms with van der Waals surface area (Å²) in [7, 11) is 0. The zero-order valence-electron chi connectivity index (χ0n) is 7.68. The van der Waals surface area contributed by atoms with Crippen molar-refractivity contribution in [3.8, 4) is 6.07 Å². The minimum Gasteiger partial charge on any atom is -0.198 e. The second kappa shape index (κ2) is 4.30. The molecule has 0 saturated heterocycles. The predicted molar refractivity (Wildman–Crippen MR) is 50.6 cm³/mol. The maximum Gasteiger partial charge on any atom is 0.0689 e. The van der Waals surface area contributed by atoms with Gasteiger partial charge in [-0.2, -0.15) is 5.26 Å². The molecule has 1 aliphatic carbocycles. The van der Waals surface area contributed by atoms with Crippen molar-refractivity contribution in [2.75, 3.05) is 0 Å². The van der Waals surface area contributed by atoms with Crippen molar-refractivity contribution in [3.05, 3.63) is 12.7 Å². The van der Waals surface area contributed by atoms with Crippen LogP contribution in [-0.2, 0) is 0 Å². The zero-order chi connectivity index (χ0) is 8.86. The molecule has 1 nitrogen and oxygen atoms in total. The van der Waals surface area contributed by atoms with Gasteiger partial charge in [0.1, 0.15) is 0 Å². The fraction of sp³-hybridized carbons (Fsp3) is 0.727. The lowest BCUT2D eigenvalue weighted by atomic mass is 9.72. The third kappa shape index (κ3) is 2.11. The molecule has 1 rings (SSSR count). The molecule has 0 bridgehead atoms. The van der Waals surface area contributed by atoms with E-state index in [1.54, 1.807) is 0 Å². The Morgan fingerprint density at radius 1 is 1.33 bits per heavy atom. The molecule has 0 aromatic rings. The highest BCUT2D eigenvalue weighted by Gasteiger charge is 2.30. The van der Waals surface area contributed by atoms with E-state index in [1.807, 2.05) is 6.08 Å². The summed E-state index contributed by atoms with van der Waals surface area (Å²) in [6.07, 6.45) is 9.95. The summed E-state index contributed by atoms with van der Waals surface area (Å²) in [5, 5.41) is 9.08. The summed E-state index contributed by atoms with van der Waals surface area (Å²) in [4.78, 5) is 0. The van der Waals surface area contributed by atoms with Crippen LogP contribution in [0.4, 0.5) is 0 Å². The van der Waals surface area contributed by atoms with Crippen LogP contribution >= 0.6 is 0 Å². The fourth-order valence-electron chi connectivity index (χ4n) is 2.02. The first-order chi connectivity index (χ1) is 5.83. The largest absolute Gasteiger partial charge is 0.198 e. The molecule has 1 heteroatoms. The van der Waals surface area contributed by atoms with Crippen molar-refractivity contribution in [1.29, 1.82) is 5.26 Å². The van der Waals surface area contributed by atoms with Crippen molar-refractivity contribution >= 4 is 0 Å².